The van der Waals surface area contributed by atoms with Crippen LogP contribution < -0.4 is 10.5 Å². The molecule has 0 aliphatic rings. The highest BCUT2D eigenvalue weighted by molar-refractivity contribution is 7.92. The molecular formula is C12H14N4O3S. The Morgan fingerprint density at radius 3 is 2.50 bits per heavy atom. The van der Waals surface area contributed by atoms with E-state index in [1.807, 2.05) is 0 Å². The molecule has 0 radical (unpaired) electrons. The number of aliphatic hydroxyl groups excluding tert-OH is 1. The number of hydrogen-bond acceptors (Lipinski definition) is 6. The Balaban J connectivity index is 2.33. The van der Waals surface area contributed by atoms with Gasteiger partial charge >= 0.3 is 0 Å². The zero-order valence-electron chi connectivity index (χ0n) is 10.7. The van der Waals surface area contributed by atoms with Crippen molar-refractivity contribution in [3.8, 4) is 0 Å². The van der Waals surface area contributed by atoms with Gasteiger partial charge in [0, 0.05) is 11.4 Å². The molecule has 0 saturated carbocycles. The number of nitrogens with one attached hydrogen (secondary N) is 1. The third kappa shape index (κ3) is 3.22. The summed E-state index contributed by atoms with van der Waals surface area (Å²) in [7, 11) is -3.78. The third-order valence-corrected chi connectivity index (χ3v) is 3.83. The standard InChI is InChI=1S/C12H14N4O3S/c1-8-6-10(7-17)15-12(14-8)16-20(18,19)11-4-2-9(13)3-5-11/h2-6,17H,7,13H2,1H3,(H,14,15,16). The van der Waals surface area contributed by atoms with Crippen LogP contribution >= 0.6 is 0 Å². The number of rotatable bonds is 4. The van der Waals surface area contributed by atoms with Gasteiger partial charge in [-0.15, -0.1) is 0 Å². The first-order chi connectivity index (χ1) is 9.40. The molecule has 8 heteroatoms. The lowest BCUT2D eigenvalue weighted by Crippen LogP contribution is -2.16. The quantitative estimate of drug-likeness (QED) is 0.713. The van der Waals surface area contributed by atoms with Crippen LogP contribution in [0.2, 0.25) is 0 Å². The summed E-state index contributed by atoms with van der Waals surface area (Å²) in [5.74, 6) is -0.0779. The van der Waals surface area contributed by atoms with Gasteiger partial charge in [-0.2, -0.15) is 0 Å². The molecule has 0 fully saturated rings. The van der Waals surface area contributed by atoms with Gasteiger partial charge in [-0.05, 0) is 37.3 Å². The highest BCUT2D eigenvalue weighted by Gasteiger charge is 2.16. The minimum absolute atomic E-state index is 0.0577. The molecule has 4 N–H and O–H groups in total. The summed E-state index contributed by atoms with van der Waals surface area (Å²) >= 11 is 0. The normalized spacial score (nSPS) is 11.3. The summed E-state index contributed by atoms with van der Waals surface area (Å²) in [4.78, 5) is 7.93. The van der Waals surface area contributed by atoms with Crippen molar-refractivity contribution in [2.75, 3.05) is 10.5 Å². The number of nitrogen functional groups attached to an aromatic ring is 1. The first kappa shape index (κ1) is 14.2. The molecule has 7 nitrogen and oxygen atoms in total. The summed E-state index contributed by atoms with van der Waals surface area (Å²) in [6.45, 7) is 1.39. The van der Waals surface area contributed by atoms with Gasteiger partial charge in [0.25, 0.3) is 10.0 Å². The lowest BCUT2D eigenvalue weighted by atomic mass is 10.3. The molecule has 20 heavy (non-hydrogen) atoms. The maximum Gasteiger partial charge on any atom is 0.264 e. The first-order valence-corrected chi connectivity index (χ1v) is 7.23. The second kappa shape index (κ2) is 5.43. The molecule has 1 aromatic heterocycles. The Labute approximate surface area is 116 Å². The van der Waals surface area contributed by atoms with Gasteiger partial charge in [0.15, 0.2) is 0 Å². The molecule has 0 saturated heterocycles. The van der Waals surface area contributed by atoms with E-state index in [1.165, 1.54) is 24.3 Å². The van der Waals surface area contributed by atoms with E-state index in [9.17, 15) is 8.42 Å². The number of aliphatic hydroxyl groups is 1. The number of benzene rings is 1. The van der Waals surface area contributed by atoms with Gasteiger partial charge in [-0.1, -0.05) is 0 Å². The lowest BCUT2D eigenvalue weighted by Gasteiger charge is -2.08. The number of hydrogen-bond donors (Lipinski definition) is 3. The Hall–Kier alpha value is -2.19. The van der Waals surface area contributed by atoms with Crippen molar-refractivity contribution in [2.45, 2.75) is 18.4 Å². The predicted octanol–water partition coefficient (Wildman–Crippen LogP) is 0.660. The molecule has 106 valence electrons. The van der Waals surface area contributed by atoms with Crippen molar-refractivity contribution in [1.29, 1.82) is 0 Å². The molecule has 0 aliphatic carbocycles. The van der Waals surface area contributed by atoms with Crippen LogP contribution in [0.15, 0.2) is 35.2 Å². The SMILES string of the molecule is Cc1cc(CO)nc(NS(=O)(=O)c2ccc(N)cc2)n1. The minimum atomic E-state index is -3.78. The van der Waals surface area contributed by atoms with Crippen LogP contribution in [0.3, 0.4) is 0 Å². The fourth-order valence-electron chi connectivity index (χ4n) is 1.59. The maximum absolute atomic E-state index is 12.1. The zero-order valence-corrected chi connectivity index (χ0v) is 11.6. The molecule has 1 aromatic carbocycles. The predicted molar refractivity (Wildman–Crippen MR) is 74.4 cm³/mol. The number of sulfonamides is 1. The Morgan fingerprint density at radius 2 is 1.90 bits per heavy atom. The Morgan fingerprint density at radius 1 is 1.25 bits per heavy atom. The monoisotopic (exact) mass is 294 g/mol. The summed E-state index contributed by atoms with van der Waals surface area (Å²) in [6.07, 6.45) is 0. The number of anilines is 2. The van der Waals surface area contributed by atoms with E-state index in [0.29, 0.717) is 17.1 Å². The second-order valence-electron chi connectivity index (χ2n) is 4.16. The molecule has 0 aliphatic heterocycles. The van der Waals surface area contributed by atoms with Crippen LogP contribution in [-0.4, -0.2) is 23.5 Å². The van der Waals surface area contributed by atoms with Crippen molar-refractivity contribution in [3.63, 3.8) is 0 Å². The van der Waals surface area contributed by atoms with Gasteiger partial charge in [-0.3, -0.25) is 0 Å². The summed E-state index contributed by atoms with van der Waals surface area (Å²) in [5.41, 5.74) is 6.88. The summed E-state index contributed by atoms with van der Waals surface area (Å²) in [5, 5.41) is 9.05. The van der Waals surface area contributed by atoms with Crippen LogP contribution in [0.5, 0.6) is 0 Å². The molecule has 2 aromatic rings. The van der Waals surface area contributed by atoms with E-state index in [0.717, 1.165) is 0 Å². The molecule has 0 atom stereocenters. The van der Waals surface area contributed by atoms with E-state index >= 15 is 0 Å². The first-order valence-electron chi connectivity index (χ1n) is 5.74. The van der Waals surface area contributed by atoms with Crippen molar-refractivity contribution in [3.05, 3.63) is 41.7 Å². The van der Waals surface area contributed by atoms with E-state index in [1.54, 1.807) is 13.0 Å². The van der Waals surface area contributed by atoms with Crippen molar-refractivity contribution >= 4 is 21.7 Å². The molecule has 2 rings (SSSR count). The van der Waals surface area contributed by atoms with Crippen molar-refractivity contribution < 1.29 is 13.5 Å². The average Bonchev–Trinajstić information content (AvgIpc) is 2.37. The van der Waals surface area contributed by atoms with Crippen LogP contribution in [0.25, 0.3) is 0 Å². The molecular weight excluding hydrogens is 280 g/mol. The van der Waals surface area contributed by atoms with Crippen LogP contribution in [0, 0.1) is 6.92 Å². The highest BCUT2D eigenvalue weighted by Crippen LogP contribution is 2.15. The highest BCUT2D eigenvalue weighted by atomic mass is 32.2. The molecule has 1 heterocycles. The van der Waals surface area contributed by atoms with Gasteiger partial charge in [0.05, 0.1) is 17.2 Å². The van der Waals surface area contributed by atoms with E-state index < -0.39 is 10.0 Å². The average molecular weight is 294 g/mol. The lowest BCUT2D eigenvalue weighted by molar-refractivity contribution is 0.276. The molecule has 0 unspecified atom stereocenters. The van der Waals surface area contributed by atoms with E-state index in [4.69, 9.17) is 10.8 Å². The van der Waals surface area contributed by atoms with Crippen LogP contribution in [-0.2, 0) is 16.6 Å². The van der Waals surface area contributed by atoms with Crippen LogP contribution in [0.1, 0.15) is 11.4 Å². The second-order valence-corrected chi connectivity index (χ2v) is 5.84. The van der Waals surface area contributed by atoms with Gasteiger partial charge in [-0.25, -0.2) is 23.1 Å². The van der Waals surface area contributed by atoms with Gasteiger partial charge < -0.3 is 10.8 Å². The van der Waals surface area contributed by atoms with E-state index in [-0.39, 0.29) is 17.5 Å². The molecule has 0 bridgehead atoms. The van der Waals surface area contributed by atoms with E-state index in [2.05, 4.69) is 14.7 Å². The third-order valence-electron chi connectivity index (χ3n) is 2.49. The maximum atomic E-state index is 12.1. The molecule has 0 amide bonds. The number of aromatic nitrogens is 2. The minimum Gasteiger partial charge on any atom is -0.399 e. The smallest absolute Gasteiger partial charge is 0.264 e. The molecule has 0 spiro atoms. The van der Waals surface area contributed by atoms with Gasteiger partial charge in [0.1, 0.15) is 0 Å². The van der Waals surface area contributed by atoms with Crippen LogP contribution in [0.4, 0.5) is 11.6 Å². The number of nitrogens with two attached hydrogens (primary N) is 1. The van der Waals surface area contributed by atoms with Gasteiger partial charge in [0.2, 0.25) is 5.95 Å². The van der Waals surface area contributed by atoms with Crippen molar-refractivity contribution in [1.82, 2.24) is 9.97 Å². The number of aryl methyl sites for hydroxylation is 1. The summed E-state index contributed by atoms with van der Waals surface area (Å²) in [6, 6.07) is 7.33. The topological polar surface area (TPSA) is 118 Å². The fraction of sp³-hybridized carbons (Fsp3) is 0.167. The largest absolute Gasteiger partial charge is 0.399 e. The zero-order chi connectivity index (χ0) is 14.8. The number of nitrogens with zero attached hydrogens (tertiary/aromatic N) is 2. The van der Waals surface area contributed by atoms with Crippen molar-refractivity contribution in [2.24, 2.45) is 0 Å². The summed E-state index contributed by atoms with van der Waals surface area (Å²) < 4.78 is 26.5. The Kier molecular flexibility index (Phi) is 3.86. The fourth-order valence-corrected chi connectivity index (χ4v) is 2.53. The Bertz CT molecular complexity index is 714.